The number of benzene rings is 1. The Labute approximate surface area is 142 Å². The largest absolute Gasteiger partial charge is 0.490 e. The molecule has 0 radical (unpaired) electrons. The van der Waals surface area contributed by atoms with Gasteiger partial charge in [-0.2, -0.15) is 0 Å². The van der Waals surface area contributed by atoms with Crippen LogP contribution in [0.3, 0.4) is 0 Å². The van der Waals surface area contributed by atoms with Crippen molar-refractivity contribution in [3.05, 3.63) is 52.8 Å². The van der Waals surface area contributed by atoms with Crippen LogP contribution in [-0.4, -0.2) is 18.2 Å². The van der Waals surface area contributed by atoms with E-state index < -0.39 is 0 Å². The SMILES string of the molecule is CCCOc1c(Cl)cc(CNCc2cccnc2)cc1OCC. The molecule has 124 valence electrons. The zero-order valence-electron chi connectivity index (χ0n) is 13.6. The molecule has 5 heteroatoms. The van der Waals surface area contributed by atoms with Gasteiger partial charge in [0.2, 0.25) is 0 Å². The summed E-state index contributed by atoms with van der Waals surface area (Å²) in [6, 6.07) is 7.88. The molecule has 0 unspecified atom stereocenters. The lowest BCUT2D eigenvalue weighted by molar-refractivity contribution is 0.277. The van der Waals surface area contributed by atoms with Crippen LogP contribution in [0.15, 0.2) is 36.7 Å². The molecule has 0 aliphatic carbocycles. The summed E-state index contributed by atoms with van der Waals surface area (Å²) in [6.07, 6.45) is 4.55. The van der Waals surface area contributed by atoms with Crippen molar-refractivity contribution in [2.45, 2.75) is 33.4 Å². The normalized spacial score (nSPS) is 10.6. The third-order valence-electron chi connectivity index (χ3n) is 3.20. The predicted octanol–water partition coefficient (Wildman–Crippen LogP) is 4.21. The van der Waals surface area contributed by atoms with Crippen molar-refractivity contribution >= 4 is 11.6 Å². The summed E-state index contributed by atoms with van der Waals surface area (Å²) in [5.74, 6) is 1.33. The van der Waals surface area contributed by atoms with Gasteiger partial charge in [-0.05, 0) is 42.7 Å². The maximum atomic E-state index is 6.36. The number of pyridine rings is 1. The molecule has 0 saturated heterocycles. The Hall–Kier alpha value is -1.78. The molecule has 0 aliphatic rings. The maximum Gasteiger partial charge on any atom is 0.179 e. The number of nitrogens with zero attached hydrogens (tertiary/aromatic N) is 1. The van der Waals surface area contributed by atoms with Gasteiger partial charge in [0.1, 0.15) is 0 Å². The lowest BCUT2D eigenvalue weighted by atomic mass is 10.2. The molecule has 2 rings (SSSR count). The molecule has 2 aromatic rings. The molecule has 0 aliphatic heterocycles. The molecule has 0 atom stereocenters. The molecule has 0 bridgehead atoms. The first-order chi connectivity index (χ1) is 11.2. The van der Waals surface area contributed by atoms with Crippen LogP contribution in [0.4, 0.5) is 0 Å². The van der Waals surface area contributed by atoms with Crippen molar-refractivity contribution < 1.29 is 9.47 Å². The summed E-state index contributed by atoms with van der Waals surface area (Å²) in [6.45, 7) is 6.66. The lowest BCUT2D eigenvalue weighted by Crippen LogP contribution is -2.13. The van der Waals surface area contributed by atoms with Crippen LogP contribution in [0.5, 0.6) is 11.5 Å². The number of nitrogens with one attached hydrogen (secondary N) is 1. The van der Waals surface area contributed by atoms with E-state index in [2.05, 4.69) is 17.2 Å². The smallest absolute Gasteiger partial charge is 0.179 e. The van der Waals surface area contributed by atoms with E-state index in [4.69, 9.17) is 21.1 Å². The number of hydrogen-bond acceptors (Lipinski definition) is 4. The molecule has 1 N–H and O–H groups in total. The monoisotopic (exact) mass is 334 g/mol. The first kappa shape index (κ1) is 17.6. The van der Waals surface area contributed by atoms with E-state index in [1.54, 1.807) is 6.20 Å². The van der Waals surface area contributed by atoms with E-state index in [9.17, 15) is 0 Å². The van der Waals surface area contributed by atoms with Gasteiger partial charge in [0.05, 0.1) is 18.2 Å². The van der Waals surface area contributed by atoms with Crippen LogP contribution in [0.25, 0.3) is 0 Å². The van der Waals surface area contributed by atoms with E-state index in [-0.39, 0.29) is 0 Å². The Morgan fingerprint density at radius 2 is 1.96 bits per heavy atom. The predicted molar refractivity (Wildman–Crippen MR) is 93.2 cm³/mol. The molecule has 1 aromatic heterocycles. The molecular weight excluding hydrogens is 312 g/mol. The number of rotatable bonds is 9. The molecule has 4 nitrogen and oxygen atoms in total. The van der Waals surface area contributed by atoms with Crippen LogP contribution in [0, 0.1) is 0 Å². The van der Waals surface area contributed by atoms with Crippen molar-refractivity contribution in [1.29, 1.82) is 0 Å². The number of halogens is 1. The quantitative estimate of drug-likeness (QED) is 0.746. The summed E-state index contributed by atoms with van der Waals surface area (Å²) in [5.41, 5.74) is 2.21. The van der Waals surface area contributed by atoms with Crippen LogP contribution < -0.4 is 14.8 Å². The summed E-state index contributed by atoms with van der Waals surface area (Å²) in [4.78, 5) is 4.11. The Bertz CT molecular complexity index is 605. The minimum Gasteiger partial charge on any atom is -0.490 e. The van der Waals surface area contributed by atoms with Crippen LogP contribution >= 0.6 is 11.6 Å². The summed E-state index contributed by atoms with van der Waals surface area (Å²) in [7, 11) is 0. The average Bonchev–Trinajstić information content (AvgIpc) is 2.55. The van der Waals surface area contributed by atoms with Crippen molar-refractivity contribution in [1.82, 2.24) is 10.3 Å². The minimum atomic E-state index is 0.575. The minimum absolute atomic E-state index is 0.575. The standard InChI is InChI=1S/C18H23ClN2O2/c1-3-8-23-18-16(19)9-15(10-17(18)22-4-2)13-21-12-14-6-5-7-20-11-14/h5-7,9-11,21H,3-4,8,12-13H2,1-2H3. The van der Waals surface area contributed by atoms with E-state index in [0.717, 1.165) is 24.1 Å². The fourth-order valence-corrected chi connectivity index (χ4v) is 2.47. The van der Waals surface area contributed by atoms with Crippen LogP contribution in [0.2, 0.25) is 5.02 Å². The second-order valence-corrected chi connectivity index (χ2v) is 5.56. The van der Waals surface area contributed by atoms with Gasteiger partial charge in [-0.15, -0.1) is 0 Å². The van der Waals surface area contributed by atoms with E-state index in [0.29, 0.717) is 36.3 Å². The highest BCUT2D eigenvalue weighted by molar-refractivity contribution is 6.32. The number of aromatic nitrogens is 1. The second-order valence-electron chi connectivity index (χ2n) is 5.15. The molecule has 1 heterocycles. The molecule has 0 fully saturated rings. The van der Waals surface area contributed by atoms with Gasteiger partial charge in [0, 0.05) is 25.5 Å². The Kier molecular flexibility index (Phi) is 7.17. The molecule has 0 saturated carbocycles. The molecular formula is C18H23ClN2O2. The summed E-state index contributed by atoms with van der Waals surface area (Å²) >= 11 is 6.36. The van der Waals surface area contributed by atoms with Gasteiger partial charge in [-0.1, -0.05) is 24.6 Å². The van der Waals surface area contributed by atoms with Gasteiger partial charge in [0.25, 0.3) is 0 Å². The molecule has 0 amide bonds. The zero-order valence-corrected chi connectivity index (χ0v) is 14.4. The van der Waals surface area contributed by atoms with Crippen molar-refractivity contribution in [2.75, 3.05) is 13.2 Å². The second kappa shape index (κ2) is 9.38. The number of hydrogen-bond donors (Lipinski definition) is 1. The highest BCUT2D eigenvalue weighted by Crippen LogP contribution is 2.36. The third-order valence-corrected chi connectivity index (χ3v) is 3.48. The van der Waals surface area contributed by atoms with Crippen molar-refractivity contribution in [2.24, 2.45) is 0 Å². The maximum absolute atomic E-state index is 6.36. The Balaban J connectivity index is 2.03. The van der Waals surface area contributed by atoms with Gasteiger partial charge < -0.3 is 14.8 Å². The van der Waals surface area contributed by atoms with Crippen LogP contribution in [0.1, 0.15) is 31.4 Å². The van der Waals surface area contributed by atoms with Crippen molar-refractivity contribution in [3.63, 3.8) is 0 Å². The van der Waals surface area contributed by atoms with Crippen molar-refractivity contribution in [3.8, 4) is 11.5 Å². The fourth-order valence-electron chi connectivity index (χ4n) is 2.18. The first-order valence-corrected chi connectivity index (χ1v) is 8.30. The van der Waals surface area contributed by atoms with E-state index in [1.165, 1.54) is 0 Å². The van der Waals surface area contributed by atoms with Gasteiger partial charge >= 0.3 is 0 Å². The van der Waals surface area contributed by atoms with Crippen LogP contribution in [-0.2, 0) is 13.1 Å². The highest BCUT2D eigenvalue weighted by atomic mass is 35.5. The fraction of sp³-hybridized carbons (Fsp3) is 0.389. The Morgan fingerprint density at radius 1 is 1.13 bits per heavy atom. The zero-order chi connectivity index (χ0) is 16.5. The summed E-state index contributed by atoms with van der Waals surface area (Å²) < 4.78 is 11.4. The summed E-state index contributed by atoms with van der Waals surface area (Å²) in [5, 5.41) is 3.97. The first-order valence-electron chi connectivity index (χ1n) is 7.92. The molecule has 0 spiro atoms. The highest BCUT2D eigenvalue weighted by Gasteiger charge is 2.12. The topological polar surface area (TPSA) is 43.4 Å². The van der Waals surface area contributed by atoms with E-state index in [1.807, 2.05) is 37.4 Å². The van der Waals surface area contributed by atoms with Gasteiger partial charge in [0.15, 0.2) is 11.5 Å². The molecule has 1 aromatic carbocycles. The van der Waals surface area contributed by atoms with E-state index >= 15 is 0 Å². The van der Waals surface area contributed by atoms with Gasteiger partial charge in [-0.3, -0.25) is 4.98 Å². The van der Waals surface area contributed by atoms with Gasteiger partial charge in [-0.25, -0.2) is 0 Å². The number of ether oxygens (including phenoxy) is 2. The Morgan fingerprint density at radius 3 is 2.65 bits per heavy atom. The third kappa shape index (κ3) is 5.41. The average molecular weight is 335 g/mol. The molecule has 23 heavy (non-hydrogen) atoms. The lowest BCUT2D eigenvalue weighted by Gasteiger charge is -2.15.